The Labute approximate surface area is 158 Å². The summed E-state index contributed by atoms with van der Waals surface area (Å²) in [6.45, 7) is 10.7. The number of rotatable bonds is 5. The van der Waals surface area contributed by atoms with Crippen LogP contribution in [0.1, 0.15) is 25.1 Å². The number of carbonyl (C=O) groups excluding carboxylic acids is 1. The first kappa shape index (κ1) is 18.9. The topological polar surface area (TPSA) is 45.6 Å². The zero-order valence-corrected chi connectivity index (χ0v) is 16.6. The van der Waals surface area contributed by atoms with Crippen LogP contribution in [0, 0.1) is 6.92 Å². The standard InChI is InChI=1S/C20H27N3O2S/c1-16-15-26-19(25)23(16)14-11-21-9-12-22(13-10-21)18(24)20(2,3)17-7-5-4-6-8-17/h4-8,15H,9-14H2,1-3H3. The molecule has 1 aliphatic rings. The number of benzene rings is 1. The molecule has 1 saturated heterocycles. The maximum absolute atomic E-state index is 13.0. The third-order valence-electron chi connectivity index (χ3n) is 5.31. The molecular formula is C20H27N3O2S. The molecule has 0 spiro atoms. The molecule has 1 fully saturated rings. The Bertz CT molecular complexity index is 802. The number of carbonyl (C=O) groups is 1. The lowest BCUT2D eigenvalue weighted by atomic mass is 9.83. The van der Waals surface area contributed by atoms with E-state index in [-0.39, 0.29) is 10.8 Å². The van der Waals surface area contributed by atoms with Gasteiger partial charge < -0.3 is 9.47 Å². The lowest BCUT2D eigenvalue weighted by molar-refractivity contribution is -0.138. The van der Waals surface area contributed by atoms with Crippen LogP contribution in [0.2, 0.25) is 0 Å². The largest absolute Gasteiger partial charge is 0.339 e. The van der Waals surface area contributed by atoms with E-state index < -0.39 is 5.41 Å². The Balaban J connectivity index is 1.55. The van der Waals surface area contributed by atoms with Gasteiger partial charge >= 0.3 is 4.87 Å². The van der Waals surface area contributed by atoms with E-state index in [0.717, 1.165) is 50.5 Å². The fourth-order valence-electron chi connectivity index (χ4n) is 3.46. The summed E-state index contributed by atoms with van der Waals surface area (Å²) in [7, 11) is 0. The van der Waals surface area contributed by atoms with E-state index >= 15 is 0 Å². The van der Waals surface area contributed by atoms with Gasteiger partial charge in [-0.3, -0.25) is 14.5 Å². The highest BCUT2D eigenvalue weighted by atomic mass is 32.1. The summed E-state index contributed by atoms with van der Waals surface area (Å²) in [5, 5.41) is 1.91. The second-order valence-electron chi connectivity index (χ2n) is 7.42. The number of aromatic nitrogens is 1. The van der Waals surface area contributed by atoms with Crippen molar-refractivity contribution in [2.24, 2.45) is 0 Å². The first-order chi connectivity index (χ1) is 12.4. The van der Waals surface area contributed by atoms with Gasteiger partial charge in [0, 0.05) is 50.3 Å². The van der Waals surface area contributed by atoms with Crippen molar-refractivity contribution in [3.63, 3.8) is 0 Å². The monoisotopic (exact) mass is 373 g/mol. The first-order valence-electron chi connectivity index (χ1n) is 9.12. The number of aryl methyl sites for hydroxylation is 1. The van der Waals surface area contributed by atoms with Gasteiger partial charge in [-0.25, -0.2) is 0 Å². The molecule has 1 aromatic heterocycles. The second-order valence-corrected chi connectivity index (χ2v) is 8.24. The normalized spacial score (nSPS) is 16.0. The lowest BCUT2D eigenvalue weighted by Gasteiger charge is -2.38. The van der Waals surface area contributed by atoms with Crippen LogP contribution < -0.4 is 4.87 Å². The van der Waals surface area contributed by atoms with Crippen LogP contribution in [-0.4, -0.2) is 53.0 Å². The van der Waals surface area contributed by atoms with Crippen molar-refractivity contribution in [2.45, 2.75) is 32.7 Å². The smallest absolute Gasteiger partial charge is 0.307 e. The van der Waals surface area contributed by atoms with Crippen LogP contribution >= 0.6 is 11.3 Å². The summed E-state index contributed by atoms with van der Waals surface area (Å²) < 4.78 is 1.83. The van der Waals surface area contributed by atoms with E-state index in [1.54, 1.807) is 0 Å². The molecule has 0 saturated carbocycles. The van der Waals surface area contributed by atoms with Crippen molar-refractivity contribution in [2.75, 3.05) is 32.7 Å². The highest BCUT2D eigenvalue weighted by molar-refractivity contribution is 7.07. The molecule has 26 heavy (non-hydrogen) atoms. The van der Waals surface area contributed by atoms with Gasteiger partial charge in [0.05, 0.1) is 5.41 Å². The van der Waals surface area contributed by atoms with Gasteiger partial charge in [0.2, 0.25) is 5.91 Å². The Hall–Kier alpha value is -1.92. The van der Waals surface area contributed by atoms with E-state index in [0.29, 0.717) is 0 Å². The quantitative estimate of drug-likeness (QED) is 0.808. The van der Waals surface area contributed by atoms with E-state index in [2.05, 4.69) is 4.90 Å². The molecule has 0 unspecified atom stereocenters. The van der Waals surface area contributed by atoms with Crippen LogP contribution in [0.4, 0.5) is 0 Å². The van der Waals surface area contributed by atoms with Gasteiger partial charge in [0.1, 0.15) is 0 Å². The highest BCUT2D eigenvalue weighted by Crippen LogP contribution is 2.26. The van der Waals surface area contributed by atoms with Crippen LogP contribution in [-0.2, 0) is 16.8 Å². The zero-order chi connectivity index (χ0) is 18.7. The van der Waals surface area contributed by atoms with E-state index in [1.807, 2.05) is 66.0 Å². The zero-order valence-electron chi connectivity index (χ0n) is 15.8. The fraction of sp³-hybridized carbons (Fsp3) is 0.500. The maximum Gasteiger partial charge on any atom is 0.307 e. The molecule has 3 rings (SSSR count). The molecule has 1 aromatic carbocycles. The number of thiazole rings is 1. The number of piperazine rings is 1. The second kappa shape index (κ2) is 7.76. The van der Waals surface area contributed by atoms with Gasteiger partial charge in [-0.1, -0.05) is 41.7 Å². The summed E-state index contributed by atoms with van der Waals surface area (Å²) in [5.41, 5.74) is 1.57. The molecule has 0 aliphatic carbocycles. The maximum atomic E-state index is 13.0. The number of amides is 1. The van der Waals surface area contributed by atoms with Crippen molar-refractivity contribution in [3.05, 3.63) is 56.6 Å². The number of hydrogen-bond acceptors (Lipinski definition) is 4. The Morgan fingerprint density at radius 3 is 2.31 bits per heavy atom. The molecule has 2 heterocycles. The Kier molecular flexibility index (Phi) is 5.63. The van der Waals surface area contributed by atoms with Crippen LogP contribution in [0.25, 0.3) is 0 Å². The molecule has 0 N–H and O–H groups in total. The molecule has 1 aliphatic heterocycles. The molecular weight excluding hydrogens is 346 g/mol. The van der Waals surface area contributed by atoms with Gasteiger partial charge in [-0.15, -0.1) is 0 Å². The van der Waals surface area contributed by atoms with E-state index in [4.69, 9.17) is 0 Å². The van der Waals surface area contributed by atoms with Crippen molar-refractivity contribution in [3.8, 4) is 0 Å². The molecule has 0 bridgehead atoms. The van der Waals surface area contributed by atoms with Crippen molar-refractivity contribution in [1.82, 2.24) is 14.4 Å². The molecule has 1 amide bonds. The molecule has 5 nitrogen and oxygen atoms in total. The van der Waals surface area contributed by atoms with Crippen molar-refractivity contribution in [1.29, 1.82) is 0 Å². The third-order valence-corrected chi connectivity index (χ3v) is 6.19. The van der Waals surface area contributed by atoms with E-state index in [9.17, 15) is 9.59 Å². The summed E-state index contributed by atoms with van der Waals surface area (Å²) in [6, 6.07) is 9.99. The minimum absolute atomic E-state index is 0.112. The van der Waals surface area contributed by atoms with Crippen LogP contribution in [0.15, 0.2) is 40.5 Å². The molecule has 0 radical (unpaired) electrons. The SMILES string of the molecule is Cc1csc(=O)n1CCN1CCN(C(=O)C(C)(C)c2ccccc2)CC1. The summed E-state index contributed by atoms with van der Waals surface area (Å²) >= 11 is 1.26. The van der Waals surface area contributed by atoms with Gasteiger partial charge in [-0.2, -0.15) is 0 Å². The van der Waals surface area contributed by atoms with E-state index in [1.165, 1.54) is 11.3 Å². The fourth-order valence-corrected chi connectivity index (χ4v) is 4.23. The van der Waals surface area contributed by atoms with Crippen LogP contribution in [0.3, 0.4) is 0 Å². The predicted molar refractivity (Wildman–Crippen MR) is 106 cm³/mol. The first-order valence-corrected chi connectivity index (χ1v) is 10.00. The molecule has 140 valence electrons. The number of nitrogens with zero attached hydrogens (tertiary/aromatic N) is 3. The highest BCUT2D eigenvalue weighted by Gasteiger charge is 2.34. The molecule has 6 heteroatoms. The molecule has 2 aromatic rings. The number of hydrogen-bond donors (Lipinski definition) is 0. The van der Waals surface area contributed by atoms with Gasteiger partial charge in [-0.05, 0) is 26.3 Å². The summed E-state index contributed by atoms with van der Waals surface area (Å²) in [5.74, 6) is 0.188. The Morgan fingerprint density at radius 2 is 1.73 bits per heavy atom. The predicted octanol–water partition coefficient (Wildman–Crippen LogP) is 2.34. The average Bonchev–Trinajstić information content (AvgIpc) is 2.98. The average molecular weight is 374 g/mol. The van der Waals surface area contributed by atoms with Crippen molar-refractivity contribution >= 4 is 17.2 Å². The van der Waals surface area contributed by atoms with Gasteiger partial charge in [0.15, 0.2) is 0 Å². The van der Waals surface area contributed by atoms with Crippen LogP contribution in [0.5, 0.6) is 0 Å². The summed E-state index contributed by atoms with van der Waals surface area (Å²) in [4.78, 5) is 29.3. The Morgan fingerprint density at radius 1 is 1.08 bits per heavy atom. The van der Waals surface area contributed by atoms with Crippen molar-refractivity contribution < 1.29 is 4.79 Å². The minimum atomic E-state index is -0.509. The minimum Gasteiger partial charge on any atom is -0.339 e. The molecule has 0 atom stereocenters. The van der Waals surface area contributed by atoms with Gasteiger partial charge in [0.25, 0.3) is 0 Å². The third kappa shape index (κ3) is 3.91. The summed E-state index contributed by atoms with van der Waals surface area (Å²) in [6.07, 6.45) is 0. The lowest BCUT2D eigenvalue weighted by Crippen LogP contribution is -2.53.